The van der Waals surface area contributed by atoms with Gasteiger partial charge in [0, 0.05) is 29.0 Å². The van der Waals surface area contributed by atoms with Crippen LogP contribution >= 0.6 is 12.2 Å². The van der Waals surface area contributed by atoms with Crippen molar-refractivity contribution >= 4 is 38.7 Å². The molecule has 3 heterocycles. The monoisotopic (exact) mass is 559 g/mol. The molecule has 9 heteroatoms. The topological polar surface area (TPSA) is 79.3 Å². The van der Waals surface area contributed by atoms with Gasteiger partial charge in [0.25, 0.3) is 0 Å². The Labute approximate surface area is 235 Å². The van der Waals surface area contributed by atoms with Crippen LogP contribution < -0.4 is 14.9 Å². The van der Waals surface area contributed by atoms with E-state index >= 15 is 0 Å². The molecule has 0 amide bonds. The number of rotatable bonds is 6. The fourth-order valence-corrected chi connectivity index (χ4v) is 6.47. The number of hydrogen-bond donors (Lipinski definition) is 2. The van der Waals surface area contributed by atoms with Crippen LogP contribution in [0.25, 0.3) is 5.69 Å². The molecule has 0 unspecified atom stereocenters. The van der Waals surface area contributed by atoms with Crippen LogP contribution in [0.3, 0.4) is 0 Å². The Morgan fingerprint density at radius 3 is 2.38 bits per heavy atom. The van der Waals surface area contributed by atoms with Gasteiger partial charge in [-0.1, -0.05) is 18.2 Å². The quantitative estimate of drug-likeness (QED) is 0.284. The van der Waals surface area contributed by atoms with Crippen molar-refractivity contribution in [3.8, 4) is 5.69 Å². The number of nitrogens with one attached hydrogen (secondary N) is 2. The first-order valence-electron chi connectivity index (χ1n) is 12.8. The van der Waals surface area contributed by atoms with E-state index in [4.69, 9.17) is 12.2 Å². The Balaban J connectivity index is 1.67. The van der Waals surface area contributed by atoms with E-state index in [1.807, 2.05) is 37.3 Å². The summed E-state index contributed by atoms with van der Waals surface area (Å²) in [7, 11) is -3.39. The Morgan fingerprint density at radius 2 is 1.72 bits per heavy atom. The number of hydrogen-bond acceptors (Lipinski definition) is 4. The number of pyridine rings is 1. The van der Waals surface area contributed by atoms with Gasteiger partial charge in [-0.2, -0.15) is 0 Å². The third kappa shape index (κ3) is 5.04. The van der Waals surface area contributed by atoms with Crippen LogP contribution in [0.2, 0.25) is 0 Å². The maximum atomic E-state index is 11.9. The summed E-state index contributed by atoms with van der Waals surface area (Å²) in [5, 5.41) is 4.12. The highest BCUT2D eigenvalue weighted by Crippen LogP contribution is 2.44. The first-order chi connectivity index (χ1) is 18.5. The normalized spacial score (nSPS) is 17.4. The third-order valence-electron chi connectivity index (χ3n) is 7.49. The van der Waals surface area contributed by atoms with Crippen molar-refractivity contribution in [2.75, 3.05) is 15.9 Å². The predicted molar refractivity (Wildman–Crippen MR) is 162 cm³/mol. The molecule has 7 nitrogen and oxygen atoms in total. The molecule has 2 aromatic carbocycles. The average Bonchev–Trinajstić information content (AvgIpc) is 3.37. The van der Waals surface area contributed by atoms with E-state index in [9.17, 15) is 8.42 Å². The van der Waals surface area contributed by atoms with Crippen molar-refractivity contribution < 1.29 is 8.42 Å². The van der Waals surface area contributed by atoms with Crippen LogP contribution in [0.4, 0.5) is 11.4 Å². The molecular formula is C30H33N5O2S2. The van der Waals surface area contributed by atoms with Gasteiger partial charge < -0.3 is 14.8 Å². The van der Waals surface area contributed by atoms with Crippen molar-refractivity contribution in [1.82, 2.24) is 14.9 Å². The Hall–Kier alpha value is -3.69. The van der Waals surface area contributed by atoms with Gasteiger partial charge in [0.1, 0.15) is 0 Å². The minimum Gasteiger partial charge on any atom is -0.351 e. The molecule has 1 aliphatic heterocycles. The van der Waals surface area contributed by atoms with E-state index in [2.05, 4.69) is 76.5 Å². The van der Waals surface area contributed by atoms with Gasteiger partial charge in [-0.25, -0.2) is 8.42 Å². The highest BCUT2D eigenvalue weighted by Gasteiger charge is 2.42. The molecule has 4 aromatic rings. The molecule has 0 saturated carbocycles. The first kappa shape index (κ1) is 26.9. The summed E-state index contributed by atoms with van der Waals surface area (Å²) in [6.45, 7) is 10.5. The van der Waals surface area contributed by atoms with Gasteiger partial charge in [-0.15, -0.1) is 0 Å². The Kier molecular flexibility index (Phi) is 6.99. The van der Waals surface area contributed by atoms with Crippen LogP contribution in [0, 0.1) is 34.6 Å². The van der Waals surface area contributed by atoms with Crippen molar-refractivity contribution in [2.45, 2.75) is 46.7 Å². The maximum absolute atomic E-state index is 11.9. The molecule has 1 saturated heterocycles. The lowest BCUT2D eigenvalue weighted by Gasteiger charge is -2.29. The minimum atomic E-state index is -3.39. The molecule has 2 N–H and O–H groups in total. The molecule has 202 valence electrons. The highest BCUT2D eigenvalue weighted by molar-refractivity contribution is 7.92. The largest absolute Gasteiger partial charge is 0.351 e. The lowest BCUT2D eigenvalue weighted by atomic mass is 9.96. The zero-order valence-electron chi connectivity index (χ0n) is 23.0. The zero-order chi connectivity index (χ0) is 28.1. The third-order valence-corrected chi connectivity index (χ3v) is 8.39. The van der Waals surface area contributed by atoms with Crippen LogP contribution in [0.1, 0.15) is 51.4 Å². The van der Waals surface area contributed by atoms with Crippen LogP contribution in [-0.4, -0.2) is 29.3 Å². The number of thiocarbonyl (C=S) groups is 1. The summed E-state index contributed by atoms with van der Waals surface area (Å²) in [5.41, 5.74) is 10.2. The SMILES string of the molecule is Cc1cc(N2C(=S)N[C@H](c3ccccn3)[C@H]2c2cc(C)n(-c3cccc(C)c3C)c2C)ccc1NS(C)(=O)=O. The maximum Gasteiger partial charge on any atom is 0.229 e. The smallest absolute Gasteiger partial charge is 0.229 e. The molecular weight excluding hydrogens is 526 g/mol. The van der Waals surface area contributed by atoms with E-state index < -0.39 is 10.0 Å². The lowest BCUT2D eigenvalue weighted by molar-refractivity contribution is 0.565. The second-order valence-electron chi connectivity index (χ2n) is 10.3. The number of aryl methyl sites for hydroxylation is 3. The molecule has 0 spiro atoms. The van der Waals surface area contributed by atoms with Crippen LogP contribution in [0.5, 0.6) is 0 Å². The first-order valence-corrected chi connectivity index (χ1v) is 15.1. The van der Waals surface area contributed by atoms with E-state index in [0.29, 0.717) is 10.8 Å². The van der Waals surface area contributed by atoms with Crippen LogP contribution in [-0.2, 0) is 10.0 Å². The molecule has 1 fully saturated rings. The second-order valence-corrected chi connectivity index (χ2v) is 12.4. The highest BCUT2D eigenvalue weighted by atomic mass is 32.2. The summed E-state index contributed by atoms with van der Waals surface area (Å²) >= 11 is 5.92. The van der Waals surface area contributed by atoms with Crippen molar-refractivity contribution in [3.05, 3.63) is 106 Å². The molecule has 0 radical (unpaired) electrons. The van der Waals surface area contributed by atoms with Gasteiger partial charge in [0.2, 0.25) is 10.0 Å². The predicted octanol–water partition coefficient (Wildman–Crippen LogP) is 5.96. The number of anilines is 2. The standard InChI is InChI=1S/C30H33N5O2S2/c1-18-10-9-12-27(21(18)4)34-20(3)17-24(22(34)5)29-28(26-11-7-8-15-31-26)32-30(38)35(29)23-13-14-25(19(2)16-23)33-39(6,36)37/h7-17,28-29,33H,1-6H3,(H,32,38)/t28-,29-/m1/s1. The molecule has 0 bridgehead atoms. The van der Waals surface area contributed by atoms with Gasteiger partial charge >= 0.3 is 0 Å². The van der Waals surface area contributed by atoms with Crippen molar-refractivity contribution in [2.24, 2.45) is 0 Å². The number of nitrogens with zero attached hydrogens (tertiary/aromatic N) is 3. The fourth-order valence-electron chi connectivity index (χ4n) is 5.50. The van der Waals surface area contributed by atoms with E-state index in [-0.39, 0.29) is 12.1 Å². The summed E-state index contributed by atoms with van der Waals surface area (Å²) in [4.78, 5) is 6.81. The van der Waals surface area contributed by atoms with E-state index in [1.54, 1.807) is 12.3 Å². The van der Waals surface area contributed by atoms with Gasteiger partial charge in [-0.3, -0.25) is 9.71 Å². The van der Waals surface area contributed by atoms with Crippen LogP contribution in [0.15, 0.2) is 66.9 Å². The molecule has 2 atom stereocenters. The summed E-state index contributed by atoms with van der Waals surface area (Å²) < 4.78 is 28.6. The number of sulfonamides is 1. The van der Waals surface area contributed by atoms with Crippen molar-refractivity contribution in [1.29, 1.82) is 0 Å². The minimum absolute atomic E-state index is 0.175. The van der Waals surface area contributed by atoms with Crippen molar-refractivity contribution in [3.63, 3.8) is 0 Å². The Morgan fingerprint density at radius 1 is 0.949 bits per heavy atom. The second kappa shape index (κ2) is 10.1. The molecule has 0 aliphatic carbocycles. The van der Waals surface area contributed by atoms with Gasteiger partial charge in [-0.05, 0) is 112 Å². The average molecular weight is 560 g/mol. The summed E-state index contributed by atoms with van der Waals surface area (Å²) in [5.74, 6) is 0. The molecule has 5 rings (SSSR count). The molecule has 2 aromatic heterocycles. The number of benzene rings is 2. The van der Waals surface area contributed by atoms with Gasteiger partial charge in [0.15, 0.2) is 5.11 Å². The molecule has 39 heavy (non-hydrogen) atoms. The summed E-state index contributed by atoms with van der Waals surface area (Å²) in [6, 6.07) is 19.9. The lowest BCUT2D eigenvalue weighted by Crippen LogP contribution is -2.29. The van der Waals surface area contributed by atoms with E-state index in [1.165, 1.54) is 11.1 Å². The summed E-state index contributed by atoms with van der Waals surface area (Å²) in [6.07, 6.45) is 2.95. The van der Waals surface area contributed by atoms with E-state index in [0.717, 1.165) is 45.8 Å². The Bertz CT molecular complexity index is 1680. The van der Waals surface area contributed by atoms with Gasteiger partial charge in [0.05, 0.1) is 29.7 Å². The zero-order valence-corrected chi connectivity index (χ0v) is 24.6. The number of aromatic nitrogens is 2. The molecule has 1 aliphatic rings. The fraction of sp³-hybridized carbons (Fsp3) is 0.267.